The fraction of sp³-hybridized carbons (Fsp3) is 0.267. The monoisotopic (exact) mass is 391 g/mol. The largest absolute Gasteiger partial charge is 0.486 e. The van der Waals surface area contributed by atoms with Gasteiger partial charge < -0.3 is 13.9 Å². The number of hydrogen-bond acceptors (Lipinski definition) is 10. The molecule has 9 nitrogen and oxygen atoms in total. The van der Waals surface area contributed by atoms with E-state index in [1.54, 1.807) is 12.1 Å². The lowest BCUT2D eigenvalue weighted by molar-refractivity contribution is -0.113. The van der Waals surface area contributed by atoms with Crippen LogP contribution in [-0.2, 0) is 4.79 Å². The molecule has 3 heterocycles. The molecule has 26 heavy (non-hydrogen) atoms. The van der Waals surface area contributed by atoms with Gasteiger partial charge in [0.15, 0.2) is 11.5 Å². The number of aromatic nitrogens is 4. The summed E-state index contributed by atoms with van der Waals surface area (Å²) in [5.74, 6) is 1.60. The fourth-order valence-electron chi connectivity index (χ4n) is 2.19. The van der Waals surface area contributed by atoms with Gasteiger partial charge in [-0.2, -0.15) is 0 Å². The van der Waals surface area contributed by atoms with Crippen LogP contribution in [0.4, 0.5) is 5.13 Å². The number of rotatable bonds is 5. The SMILES string of the molecule is Cc1nnc(NC(=O)CSc2nnc(-c3ccc4c(c3)OCCO4)o2)s1. The molecule has 134 valence electrons. The Morgan fingerprint density at radius 3 is 2.85 bits per heavy atom. The molecule has 1 aromatic carbocycles. The Kier molecular flexibility index (Phi) is 4.71. The molecular formula is C15H13N5O4S2. The summed E-state index contributed by atoms with van der Waals surface area (Å²) in [6.07, 6.45) is 0. The van der Waals surface area contributed by atoms with Crippen LogP contribution in [0.5, 0.6) is 11.5 Å². The van der Waals surface area contributed by atoms with Crippen LogP contribution < -0.4 is 14.8 Å². The highest BCUT2D eigenvalue weighted by Crippen LogP contribution is 2.34. The van der Waals surface area contributed by atoms with Crippen molar-refractivity contribution in [1.82, 2.24) is 20.4 Å². The molecule has 0 saturated heterocycles. The Bertz CT molecular complexity index is 942. The molecule has 0 atom stereocenters. The van der Waals surface area contributed by atoms with Crippen LogP contribution in [0.2, 0.25) is 0 Å². The Hall–Kier alpha value is -2.66. The molecule has 1 amide bonds. The third-order valence-corrected chi connectivity index (χ3v) is 4.87. The van der Waals surface area contributed by atoms with Crippen molar-refractivity contribution in [3.63, 3.8) is 0 Å². The minimum absolute atomic E-state index is 0.126. The van der Waals surface area contributed by atoms with Crippen molar-refractivity contribution in [3.8, 4) is 23.0 Å². The summed E-state index contributed by atoms with van der Waals surface area (Å²) in [4.78, 5) is 11.9. The molecule has 0 radical (unpaired) electrons. The van der Waals surface area contributed by atoms with E-state index in [1.165, 1.54) is 11.3 Å². The van der Waals surface area contributed by atoms with Crippen LogP contribution in [0.25, 0.3) is 11.5 Å². The number of thioether (sulfide) groups is 1. The number of nitrogens with zero attached hydrogens (tertiary/aromatic N) is 4. The first-order valence-electron chi connectivity index (χ1n) is 7.64. The van der Waals surface area contributed by atoms with Crippen molar-refractivity contribution in [3.05, 3.63) is 23.2 Å². The zero-order valence-corrected chi connectivity index (χ0v) is 15.2. The molecule has 2 aromatic heterocycles. The second-order valence-corrected chi connectivity index (χ2v) is 7.30. The number of carbonyl (C=O) groups is 1. The maximum Gasteiger partial charge on any atom is 0.277 e. The minimum Gasteiger partial charge on any atom is -0.486 e. The second-order valence-electron chi connectivity index (χ2n) is 5.19. The van der Waals surface area contributed by atoms with E-state index in [1.807, 2.05) is 13.0 Å². The normalized spacial score (nSPS) is 12.8. The first-order chi connectivity index (χ1) is 12.7. The molecule has 0 spiro atoms. The Labute approximate surface area is 156 Å². The van der Waals surface area contributed by atoms with E-state index >= 15 is 0 Å². The smallest absolute Gasteiger partial charge is 0.277 e. The predicted octanol–water partition coefficient (Wildman–Crippen LogP) is 2.40. The van der Waals surface area contributed by atoms with Gasteiger partial charge in [0.1, 0.15) is 18.2 Å². The van der Waals surface area contributed by atoms with Crippen molar-refractivity contribution >= 4 is 34.1 Å². The van der Waals surface area contributed by atoms with Gasteiger partial charge in [-0.15, -0.1) is 20.4 Å². The number of fused-ring (bicyclic) bond motifs is 1. The summed E-state index contributed by atoms with van der Waals surface area (Å²) in [5.41, 5.74) is 0.724. The highest BCUT2D eigenvalue weighted by atomic mass is 32.2. The zero-order valence-electron chi connectivity index (χ0n) is 13.6. The number of amides is 1. The number of aryl methyl sites for hydroxylation is 1. The Balaban J connectivity index is 1.38. The quantitative estimate of drug-likeness (QED) is 0.655. The number of benzene rings is 1. The lowest BCUT2D eigenvalue weighted by Crippen LogP contribution is -2.15. The van der Waals surface area contributed by atoms with Crippen LogP contribution in [0.1, 0.15) is 5.01 Å². The summed E-state index contributed by atoms with van der Waals surface area (Å²) in [6.45, 7) is 2.86. The van der Waals surface area contributed by atoms with Crippen molar-refractivity contribution < 1.29 is 18.7 Å². The molecule has 0 fully saturated rings. The average molecular weight is 391 g/mol. The van der Waals surface area contributed by atoms with E-state index in [4.69, 9.17) is 13.9 Å². The number of nitrogens with one attached hydrogen (secondary N) is 1. The standard InChI is InChI=1S/C15H13N5O4S2/c1-8-17-19-14(26-8)16-12(21)7-25-15-20-18-13(24-15)9-2-3-10-11(6-9)23-5-4-22-10/h2-3,6H,4-5,7H2,1H3,(H,16,19,21). The lowest BCUT2D eigenvalue weighted by Gasteiger charge is -2.18. The van der Waals surface area contributed by atoms with Gasteiger partial charge in [-0.1, -0.05) is 23.1 Å². The summed E-state index contributed by atoms with van der Waals surface area (Å²) in [5, 5.41) is 19.9. The second kappa shape index (κ2) is 7.30. The van der Waals surface area contributed by atoms with E-state index in [9.17, 15) is 4.79 Å². The first kappa shape index (κ1) is 16.8. The van der Waals surface area contributed by atoms with Gasteiger partial charge in [-0.3, -0.25) is 10.1 Å². The predicted molar refractivity (Wildman–Crippen MR) is 94.7 cm³/mol. The molecule has 11 heteroatoms. The summed E-state index contributed by atoms with van der Waals surface area (Å²) >= 11 is 2.46. The molecule has 1 N–H and O–H groups in total. The van der Waals surface area contributed by atoms with Crippen LogP contribution >= 0.6 is 23.1 Å². The minimum atomic E-state index is -0.217. The molecule has 3 aromatic rings. The summed E-state index contributed by atoms with van der Waals surface area (Å²) in [7, 11) is 0. The van der Waals surface area contributed by atoms with Gasteiger partial charge in [0.25, 0.3) is 5.22 Å². The molecular weight excluding hydrogens is 378 g/mol. The highest BCUT2D eigenvalue weighted by Gasteiger charge is 2.16. The molecule has 0 unspecified atom stereocenters. The van der Waals surface area contributed by atoms with E-state index in [0.717, 1.165) is 22.3 Å². The van der Waals surface area contributed by atoms with E-state index < -0.39 is 0 Å². The van der Waals surface area contributed by atoms with Crippen LogP contribution in [-0.4, -0.2) is 45.3 Å². The van der Waals surface area contributed by atoms with Crippen LogP contribution in [0.3, 0.4) is 0 Å². The van der Waals surface area contributed by atoms with Gasteiger partial charge in [-0.05, 0) is 25.1 Å². The van der Waals surface area contributed by atoms with E-state index in [2.05, 4.69) is 25.7 Å². The number of carbonyl (C=O) groups excluding carboxylic acids is 1. The number of hydrogen-bond donors (Lipinski definition) is 1. The Morgan fingerprint density at radius 1 is 1.19 bits per heavy atom. The van der Waals surface area contributed by atoms with Crippen LogP contribution in [0.15, 0.2) is 27.8 Å². The topological polar surface area (TPSA) is 112 Å². The van der Waals surface area contributed by atoms with Crippen molar-refractivity contribution in [2.75, 3.05) is 24.3 Å². The lowest BCUT2D eigenvalue weighted by atomic mass is 10.2. The van der Waals surface area contributed by atoms with Gasteiger partial charge in [0, 0.05) is 5.56 Å². The molecule has 0 saturated carbocycles. The third-order valence-electron chi connectivity index (χ3n) is 3.29. The molecule has 1 aliphatic rings. The fourth-order valence-corrected chi connectivity index (χ4v) is 3.36. The molecule has 1 aliphatic heterocycles. The highest BCUT2D eigenvalue weighted by molar-refractivity contribution is 7.99. The van der Waals surface area contributed by atoms with Gasteiger partial charge in [0.05, 0.1) is 5.75 Å². The average Bonchev–Trinajstić information content (AvgIpc) is 3.28. The number of anilines is 1. The van der Waals surface area contributed by atoms with E-state index in [-0.39, 0.29) is 11.7 Å². The van der Waals surface area contributed by atoms with Crippen LogP contribution in [0, 0.1) is 6.92 Å². The Morgan fingerprint density at radius 2 is 2.04 bits per heavy atom. The molecule has 0 aliphatic carbocycles. The maximum atomic E-state index is 11.9. The van der Waals surface area contributed by atoms with Crippen molar-refractivity contribution in [2.24, 2.45) is 0 Å². The van der Waals surface area contributed by atoms with Gasteiger partial charge in [0.2, 0.25) is 16.9 Å². The zero-order chi connectivity index (χ0) is 17.9. The maximum absolute atomic E-state index is 11.9. The first-order valence-corrected chi connectivity index (χ1v) is 9.44. The summed E-state index contributed by atoms with van der Waals surface area (Å²) in [6, 6.07) is 5.42. The van der Waals surface area contributed by atoms with Crippen molar-refractivity contribution in [1.29, 1.82) is 0 Å². The third kappa shape index (κ3) is 3.78. The van der Waals surface area contributed by atoms with Gasteiger partial charge in [-0.25, -0.2) is 0 Å². The summed E-state index contributed by atoms with van der Waals surface area (Å²) < 4.78 is 16.6. The molecule has 4 rings (SSSR count). The number of ether oxygens (including phenoxy) is 2. The van der Waals surface area contributed by atoms with E-state index in [0.29, 0.717) is 41.0 Å². The molecule has 0 bridgehead atoms. The van der Waals surface area contributed by atoms with Crippen molar-refractivity contribution in [2.45, 2.75) is 12.1 Å². The van der Waals surface area contributed by atoms with Gasteiger partial charge >= 0.3 is 0 Å².